The monoisotopic (exact) mass is 558 g/mol. The topological polar surface area (TPSA) is 84.9 Å². The number of carbonyl (C=O) groups excluding carboxylic acids is 3. The molecule has 0 atom stereocenters. The Morgan fingerprint density at radius 3 is 2.49 bits per heavy atom. The molecule has 1 heterocycles. The zero-order chi connectivity index (χ0) is 25.1. The normalized spacial score (nSPS) is 14.8. The first-order valence-electron chi connectivity index (χ1n) is 10.2. The first-order valence-corrected chi connectivity index (χ1v) is 11.4. The lowest BCUT2D eigenvalue weighted by Crippen LogP contribution is -2.54. The van der Waals surface area contributed by atoms with E-state index in [0.29, 0.717) is 32.1 Å². The Kier molecular flexibility index (Phi) is 7.18. The molecule has 0 radical (unpaired) electrons. The van der Waals surface area contributed by atoms with E-state index in [2.05, 4.69) is 21.2 Å². The molecule has 178 valence electrons. The lowest BCUT2D eigenvalue weighted by atomic mass is 10.1. The summed E-state index contributed by atoms with van der Waals surface area (Å²) in [6, 6.07) is 14.4. The highest BCUT2D eigenvalue weighted by molar-refractivity contribution is 9.10. The summed E-state index contributed by atoms with van der Waals surface area (Å²) in [5.74, 6) is -1.31. The number of ether oxygens (including phenoxy) is 2. The first kappa shape index (κ1) is 24.4. The summed E-state index contributed by atoms with van der Waals surface area (Å²) in [6.07, 6.45) is 1.34. The van der Waals surface area contributed by atoms with E-state index >= 15 is 0 Å². The number of carbonyl (C=O) groups is 3. The van der Waals surface area contributed by atoms with Gasteiger partial charge in [0.1, 0.15) is 18.0 Å². The van der Waals surface area contributed by atoms with Gasteiger partial charge in [0.25, 0.3) is 11.8 Å². The molecule has 4 amide bonds. The Labute approximate surface area is 213 Å². The van der Waals surface area contributed by atoms with Crippen LogP contribution in [0.3, 0.4) is 0 Å². The van der Waals surface area contributed by atoms with E-state index in [-0.39, 0.29) is 23.7 Å². The summed E-state index contributed by atoms with van der Waals surface area (Å²) in [6.45, 7) is 0.0973. The minimum absolute atomic E-state index is 0.0973. The van der Waals surface area contributed by atoms with Crippen LogP contribution in [-0.2, 0) is 16.2 Å². The van der Waals surface area contributed by atoms with Gasteiger partial charge in [-0.2, -0.15) is 0 Å². The van der Waals surface area contributed by atoms with Crippen molar-refractivity contribution in [1.82, 2.24) is 5.32 Å². The van der Waals surface area contributed by atoms with Gasteiger partial charge < -0.3 is 9.47 Å². The average molecular weight is 560 g/mol. The van der Waals surface area contributed by atoms with Crippen molar-refractivity contribution in [3.8, 4) is 11.5 Å². The molecule has 10 heteroatoms. The molecule has 1 saturated heterocycles. The van der Waals surface area contributed by atoms with Gasteiger partial charge in [-0.25, -0.2) is 14.1 Å². The van der Waals surface area contributed by atoms with E-state index in [1.165, 1.54) is 49.6 Å². The van der Waals surface area contributed by atoms with Gasteiger partial charge in [-0.1, -0.05) is 39.7 Å². The minimum Gasteiger partial charge on any atom is -0.493 e. The Morgan fingerprint density at radius 2 is 1.80 bits per heavy atom. The standard InChI is InChI=1S/C25H17BrClFN2O5/c1-34-21-11-15(20(26)12-22(21)35-13-14-3-2-4-17(28)9-14)10-19-23(31)29-25(33)30(24(19)32)18-7-5-16(27)6-8-18/h2-12H,13H2,1H3,(H,29,31,33)/b19-10+. The number of nitrogens with one attached hydrogen (secondary N) is 1. The van der Waals surface area contributed by atoms with Crippen molar-refractivity contribution in [2.45, 2.75) is 6.61 Å². The highest BCUT2D eigenvalue weighted by Crippen LogP contribution is 2.36. The van der Waals surface area contributed by atoms with E-state index in [1.54, 1.807) is 24.3 Å². The molecule has 0 spiro atoms. The van der Waals surface area contributed by atoms with Crippen molar-refractivity contribution in [2.75, 3.05) is 12.0 Å². The Morgan fingerprint density at radius 1 is 1.06 bits per heavy atom. The summed E-state index contributed by atoms with van der Waals surface area (Å²) >= 11 is 9.31. The third-order valence-electron chi connectivity index (χ3n) is 5.05. The molecule has 3 aromatic carbocycles. The molecule has 35 heavy (non-hydrogen) atoms. The summed E-state index contributed by atoms with van der Waals surface area (Å²) < 4.78 is 25.1. The molecule has 0 bridgehead atoms. The van der Waals surface area contributed by atoms with Crippen molar-refractivity contribution >= 4 is 57.1 Å². The van der Waals surface area contributed by atoms with Crippen LogP contribution in [0.2, 0.25) is 5.02 Å². The SMILES string of the molecule is COc1cc(/C=C2\C(=O)NC(=O)N(c3ccc(Cl)cc3)C2=O)c(Br)cc1OCc1cccc(F)c1. The number of imide groups is 2. The molecule has 1 fully saturated rings. The lowest BCUT2D eigenvalue weighted by Gasteiger charge is -2.26. The fourth-order valence-corrected chi connectivity index (χ4v) is 3.92. The van der Waals surface area contributed by atoms with Gasteiger partial charge in [0.05, 0.1) is 12.8 Å². The molecule has 0 saturated carbocycles. The summed E-state index contributed by atoms with van der Waals surface area (Å²) in [4.78, 5) is 38.8. The number of barbiturate groups is 1. The van der Waals surface area contributed by atoms with Gasteiger partial charge in [-0.15, -0.1) is 0 Å². The molecule has 1 aliphatic rings. The van der Waals surface area contributed by atoms with Crippen LogP contribution in [0.1, 0.15) is 11.1 Å². The number of amides is 4. The highest BCUT2D eigenvalue weighted by Gasteiger charge is 2.37. The average Bonchev–Trinajstić information content (AvgIpc) is 2.82. The number of halogens is 3. The predicted octanol–water partition coefficient (Wildman–Crippen LogP) is 5.50. The zero-order valence-electron chi connectivity index (χ0n) is 18.2. The number of rotatable bonds is 6. The lowest BCUT2D eigenvalue weighted by molar-refractivity contribution is -0.122. The van der Waals surface area contributed by atoms with E-state index < -0.39 is 17.8 Å². The van der Waals surface area contributed by atoms with E-state index in [4.69, 9.17) is 21.1 Å². The molecule has 0 unspecified atom stereocenters. The molecule has 1 N–H and O–H groups in total. The van der Waals surface area contributed by atoms with Crippen LogP contribution in [0.15, 0.2) is 70.7 Å². The molecule has 0 aromatic heterocycles. The number of nitrogens with zero attached hydrogens (tertiary/aromatic N) is 1. The van der Waals surface area contributed by atoms with Crippen molar-refractivity contribution in [2.24, 2.45) is 0 Å². The Bertz CT molecular complexity index is 1360. The maximum absolute atomic E-state index is 13.4. The zero-order valence-corrected chi connectivity index (χ0v) is 20.5. The van der Waals surface area contributed by atoms with Crippen LogP contribution >= 0.6 is 27.5 Å². The number of methoxy groups -OCH3 is 1. The summed E-state index contributed by atoms with van der Waals surface area (Å²) in [5, 5.41) is 2.60. The molecule has 0 aliphatic carbocycles. The van der Waals surface area contributed by atoms with Gasteiger partial charge in [0.2, 0.25) is 0 Å². The second kappa shape index (κ2) is 10.3. The number of anilines is 1. The third kappa shape index (κ3) is 5.36. The van der Waals surface area contributed by atoms with Crippen molar-refractivity contribution < 1.29 is 28.2 Å². The van der Waals surface area contributed by atoms with Crippen LogP contribution in [0.5, 0.6) is 11.5 Å². The second-order valence-electron chi connectivity index (χ2n) is 7.38. The van der Waals surface area contributed by atoms with Gasteiger partial charge in [0.15, 0.2) is 11.5 Å². The number of urea groups is 1. The largest absolute Gasteiger partial charge is 0.493 e. The fourth-order valence-electron chi connectivity index (χ4n) is 3.36. The van der Waals surface area contributed by atoms with Crippen LogP contribution in [0.4, 0.5) is 14.9 Å². The highest BCUT2D eigenvalue weighted by atomic mass is 79.9. The third-order valence-corrected chi connectivity index (χ3v) is 5.99. The number of hydrogen-bond donors (Lipinski definition) is 1. The van der Waals surface area contributed by atoms with Crippen LogP contribution in [0, 0.1) is 5.82 Å². The number of hydrogen-bond acceptors (Lipinski definition) is 5. The van der Waals surface area contributed by atoms with Crippen molar-refractivity contribution in [3.05, 3.63) is 92.7 Å². The van der Waals surface area contributed by atoms with E-state index in [9.17, 15) is 18.8 Å². The fraction of sp³-hybridized carbons (Fsp3) is 0.0800. The molecule has 1 aliphatic heterocycles. The van der Waals surface area contributed by atoms with Gasteiger partial charge in [-0.05, 0) is 65.7 Å². The smallest absolute Gasteiger partial charge is 0.335 e. The van der Waals surface area contributed by atoms with E-state index in [0.717, 1.165) is 4.90 Å². The quantitative estimate of drug-likeness (QED) is 0.319. The van der Waals surface area contributed by atoms with Crippen LogP contribution in [0.25, 0.3) is 6.08 Å². The Balaban J connectivity index is 1.64. The van der Waals surface area contributed by atoms with Gasteiger partial charge >= 0.3 is 6.03 Å². The molecule has 3 aromatic rings. The molecular weight excluding hydrogens is 543 g/mol. The molecular formula is C25H17BrClFN2O5. The number of benzene rings is 3. The predicted molar refractivity (Wildman–Crippen MR) is 132 cm³/mol. The van der Waals surface area contributed by atoms with Gasteiger partial charge in [-0.3, -0.25) is 14.9 Å². The molecule has 7 nitrogen and oxygen atoms in total. The van der Waals surface area contributed by atoms with Crippen molar-refractivity contribution in [1.29, 1.82) is 0 Å². The second-order valence-corrected chi connectivity index (χ2v) is 8.67. The first-order chi connectivity index (χ1) is 16.8. The van der Waals surface area contributed by atoms with Gasteiger partial charge in [0, 0.05) is 9.50 Å². The summed E-state index contributed by atoms with van der Waals surface area (Å²) in [5.41, 5.74) is 1.07. The van der Waals surface area contributed by atoms with Crippen LogP contribution in [-0.4, -0.2) is 25.0 Å². The molecule has 4 rings (SSSR count). The summed E-state index contributed by atoms with van der Waals surface area (Å²) in [7, 11) is 1.44. The van der Waals surface area contributed by atoms with E-state index in [1.807, 2.05) is 0 Å². The Hall–Kier alpha value is -3.69. The minimum atomic E-state index is -0.864. The van der Waals surface area contributed by atoms with Crippen LogP contribution < -0.4 is 19.7 Å². The van der Waals surface area contributed by atoms with Crippen molar-refractivity contribution in [3.63, 3.8) is 0 Å². The maximum Gasteiger partial charge on any atom is 0.335 e. The maximum atomic E-state index is 13.4.